The Morgan fingerprint density at radius 1 is 1.53 bits per heavy atom. The first-order valence-electron chi connectivity index (χ1n) is 4.78. The second kappa shape index (κ2) is 4.47. The summed E-state index contributed by atoms with van der Waals surface area (Å²) in [6.45, 7) is 5.25. The Hall–Kier alpha value is -1.32. The lowest BCUT2D eigenvalue weighted by Gasteiger charge is -2.20. The summed E-state index contributed by atoms with van der Waals surface area (Å²) in [4.78, 5) is 11.3. The lowest BCUT2D eigenvalue weighted by molar-refractivity contribution is 0.0546. The molecule has 1 radical (unpaired) electrons. The van der Waals surface area contributed by atoms with Gasteiger partial charge in [0.05, 0.1) is 5.70 Å². The minimum atomic E-state index is -0.646. The summed E-state index contributed by atoms with van der Waals surface area (Å²) in [5, 5.41) is 2.35. The van der Waals surface area contributed by atoms with Gasteiger partial charge < -0.3 is 4.74 Å². The van der Waals surface area contributed by atoms with Crippen molar-refractivity contribution >= 4 is 6.09 Å². The molecule has 0 aromatic carbocycles. The second-order valence-corrected chi connectivity index (χ2v) is 4.23. The molecule has 1 rings (SSSR count). The molecule has 83 valence electrons. The van der Waals surface area contributed by atoms with Gasteiger partial charge >= 0.3 is 6.09 Å². The molecule has 1 amide bonds. The van der Waals surface area contributed by atoms with Gasteiger partial charge in [0.1, 0.15) is 11.4 Å². The Labute approximate surface area is 89.0 Å². The van der Waals surface area contributed by atoms with Crippen molar-refractivity contribution in [2.45, 2.75) is 32.8 Å². The summed E-state index contributed by atoms with van der Waals surface area (Å²) in [5.41, 5.74) is -0.432. The summed E-state index contributed by atoms with van der Waals surface area (Å²) >= 11 is 0. The first-order chi connectivity index (χ1) is 6.88. The molecule has 0 aliphatic heterocycles. The Morgan fingerprint density at radius 2 is 2.20 bits per heavy atom. The first-order valence-corrected chi connectivity index (χ1v) is 4.78. The van der Waals surface area contributed by atoms with Gasteiger partial charge in [0.25, 0.3) is 0 Å². The van der Waals surface area contributed by atoms with E-state index >= 15 is 0 Å². The zero-order chi connectivity index (χ0) is 11.5. The van der Waals surface area contributed by atoms with Crippen LogP contribution in [0.15, 0.2) is 23.7 Å². The molecule has 0 bridgehead atoms. The van der Waals surface area contributed by atoms with Gasteiger partial charge in [-0.2, -0.15) is 0 Å². The quantitative estimate of drug-likeness (QED) is 0.725. The zero-order valence-corrected chi connectivity index (χ0v) is 9.13. The van der Waals surface area contributed by atoms with Gasteiger partial charge in [0.15, 0.2) is 0 Å². The average Bonchev–Trinajstić information content (AvgIpc) is 2.05. The van der Waals surface area contributed by atoms with Gasteiger partial charge in [-0.1, -0.05) is 6.08 Å². The number of rotatable bonds is 1. The number of hydrogen-bond donors (Lipinski definition) is 1. The standard InChI is InChI=1S/C11H15FNO2/c1-11(2,3)15-10(14)13-9-7-5-4-6-8(9)12/h5-7H,4H2,1-3H3,(H,13,14). The zero-order valence-electron chi connectivity index (χ0n) is 9.13. The smallest absolute Gasteiger partial charge is 0.412 e. The van der Waals surface area contributed by atoms with Crippen LogP contribution in [0.1, 0.15) is 27.2 Å². The fraction of sp³-hybridized carbons (Fsp3) is 0.455. The largest absolute Gasteiger partial charge is 0.444 e. The highest BCUT2D eigenvalue weighted by Crippen LogP contribution is 2.17. The van der Waals surface area contributed by atoms with Crippen LogP contribution in [0.5, 0.6) is 0 Å². The molecule has 0 aromatic heterocycles. The third-order valence-corrected chi connectivity index (χ3v) is 1.61. The topological polar surface area (TPSA) is 38.3 Å². The van der Waals surface area contributed by atoms with E-state index in [9.17, 15) is 9.18 Å². The Bertz CT molecular complexity index is 313. The highest BCUT2D eigenvalue weighted by Gasteiger charge is 2.18. The summed E-state index contributed by atoms with van der Waals surface area (Å²) in [5.74, 6) is -0.427. The van der Waals surface area contributed by atoms with Crippen molar-refractivity contribution in [3.05, 3.63) is 30.1 Å². The molecule has 0 saturated carbocycles. The molecule has 0 aromatic rings. The fourth-order valence-electron chi connectivity index (χ4n) is 1.06. The van der Waals surface area contributed by atoms with E-state index in [1.54, 1.807) is 26.8 Å². The predicted octanol–water partition coefficient (Wildman–Crippen LogP) is 2.86. The number of nitrogens with one attached hydrogen (secondary N) is 1. The van der Waals surface area contributed by atoms with Crippen LogP contribution in [0.3, 0.4) is 0 Å². The van der Waals surface area contributed by atoms with Crippen LogP contribution < -0.4 is 5.32 Å². The molecular weight excluding hydrogens is 197 g/mol. The predicted molar refractivity (Wildman–Crippen MR) is 55.6 cm³/mol. The number of halogens is 1. The van der Waals surface area contributed by atoms with E-state index in [0.717, 1.165) is 0 Å². The van der Waals surface area contributed by atoms with E-state index in [-0.39, 0.29) is 5.70 Å². The number of ether oxygens (including phenoxy) is 1. The van der Waals surface area contributed by atoms with Crippen LogP contribution in [0, 0.1) is 6.42 Å². The van der Waals surface area contributed by atoms with Gasteiger partial charge in [-0.3, -0.25) is 5.32 Å². The molecule has 15 heavy (non-hydrogen) atoms. The van der Waals surface area contributed by atoms with Gasteiger partial charge in [-0.25, -0.2) is 9.18 Å². The Balaban J connectivity index is 2.55. The van der Waals surface area contributed by atoms with Crippen molar-refractivity contribution in [1.82, 2.24) is 5.32 Å². The SMILES string of the molecule is CC(C)(C)OC(=O)NC1=C(F)[CH]CC=C1. The van der Waals surface area contributed by atoms with Crippen molar-refractivity contribution in [3.63, 3.8) is 0 Å². The van der Waals surface area contributed by atoms with Crippen molar-refractivity contribution in [1.29, 1.82) is 0 Å². The third-order valence-electron chi connectivity index (χ3n) is 1.61. The van der Waals surface area contributed by atoms with Crippen molar-refractivity contribution in [2.75, 3.05) is 0 Å². The van der Waals surface area contributed by atoms with E-state index < -0.39 is 17.5 Å². The van der Waals surface area contributed by atoms with Crippen LogP contribution in [0.25, 0.3) is 0 Å². The molecule has 0 unspecified atom stereocenters. The maximum Gasteiger partial charge on any atom is 0.412 e. The maximum absolute atomic E-state index is 13.1. The monoisotopic (exact) mass is 212 g/mol. The van der Waals surface area contributed by atoms with Gasteiger partial charge in [-0.15, -0.1) is 0 Å². The van der Waals surface area contributed by atoms with Crippen LogP contribution in [0.2, 0.25) is 0 Å². The molecule has 0 saturated heterocycles. The molecule has 1 aliphatic rings. The highest BCUT2D eigenvalue weighted by molar-refractivity contribution is 5.71. The number of carbonyl (C=O) groups excluding carboxylic acids is 1. The minimum Gasteiger partial charge on any atom is -0.444 e. The van der Waals surface area contributed by atoms with E-state index in [1.807, 2.05) is 0 Å². The van der Waals surface area contributed by atoms with E-state index in [1.165, 1.54) is 12.5 Å². The normalized spacial score (nSPS) is 16.5. The van der Waals surface area contributed by atoms with Crippen LogP contribution in [-0.4, -0.2) is 11.7 Å². The molecule has 0 spiro atoms. The number of amides is 1. The number of alkyl carbamates (subject to hydrolysis) is 1. The lowest BCUT2D eigenvalue weighted by atomic mass is 10.1. The molecular formula is C11H15FNO2. The van der Waals surface area contributed by atoms with Crippen LogP contribution in [0.4, 0.5) is 9.18 Å². The molecule has 0 fully saturated rings. The van der Waals surface area contributed by atoms with Crippen LogP contribution >= 0.6 is 0 Å². The van der Waals surface area contributed by atoms with Gasteiger partial charge in [-0.05, 0) is 33.3 Å². The Morgan fingerprint density at radius 3 is 2.73 bits per heavy atom. The molecule has 0 heterocycles. The minimum absolute atomic E-state index is 0.149. The molecule has 0 atom stereocenters. The summed E-state index contributed by atoms with van der Waals surface area (Å²) in [6.07, 6.45) is 4.58. The third kappa shape index (κ3) is 4.14. The van der Waals surface area contributed by atoms with Crippen molar-refractivity contribution in [3.8, 4) is 0 Å². The lowest BCUT2D eigenvalue weighted by Crippen LogP contribution is -2.32. The Kier molecular flexibility index (Phi) is 3.50. The molecule has 1 aliphatic carbocycles. The van der Waals surface area contributed by atoms with Gasteiger partial charge in [0.2, 0.25) is 0 Å². The van der Waals surface area contributed by atoms with Crippen molar-refractivity contribution in [2.24, 2.45) is 0 Å². The molecule has 4 heteroatoms. The molecule has 3 nitrogen and oxygen atoms in total. The van der Waals surface area contributed by atoms with Crippen LogP contribution in [-0.2, 0) is 4.74 Å². The number of hydrogen-bond acceptors (Lipinski definition) is 2. The van der Waals surface area contributed by atoms with E-state index in [0.29, 0.717) is 6.42 Å². The fourth-order valence-corrected chi connectivity index (χ4v) is 1.06. The highest BCUT2D eigenvalue weighted by atomic mass is 19.1. The summed E-state index contributed by atoms with van der Waals surface area (Å²) in [7, 11) is 0. The summed E-state index contributed by atoms with van der Waals surface area (Å²) < 4.78 is 18.1. The summed E-state index contributed by atoms with van der Waals surface area (Å²) in [6, 6.07) is 0. The van der Waals surface area contributed by atoms with E-state index in [4.69, 9.17) is 4.74 Å². The number of allylic oxidation sites excluding steroid dienone is 3. The second-order valence-electron chi connectivity index (χ2n) is 4.23. The van der Waals surface area contributed by atoms with Crippen molar-refractivity contribution < 1.29 is 13.9 Å². The average molecular weight is 212 g/mol. The number of carbonyl (C=O) groups is 1. The maximum atomic E-state index is 13.1. The van der Waals surface area contributed by atoms with E-state index in [2.05, 4.69) is 5.32 Å². The first kappa shape index (κ1) is 11.8. The molecule has 1 N–H and O–H groups in total. The van der Waals surface area contributed by atoms with Gasteiger partial charge in [0, 0.05) is 6.42 Å².